The highest BCUT2D eigenvalue weighted by molar-refractivity contribution is 7.86. The van der Waals surface area contributed by atoms with Crippen LogP contribution < -0.4 is 10.6 Å². The van der Waals surface area contributed by atoms with Crippen molar-refractivity contribution in [3.05, 3.63) is 17.5 Å². The lowest BCUT2D eigenvalue weighted by molar-refractivity contribution is 0.0897. The van der Waals surface area contributed by atoms with Crippen molar-refractivity contribution in [3.8, 4) is 0 Å². The predicted octanol–water partition coefficient (Wildman–Crippen LogP) is 0.568. The second kappa shape index (κ2) is 9.02. The molecule has 10 nitrogen and oxygen atoms in total. The number of amides is 1. The van der Waals surface area contributed by atoms with E-state index >= 15 is 0 Å². The van der Waals surface area contributed by atoms with Crippen LogP contribution in [0.1, 0.15) is 73.5 Å². The molecule has 32 heavy (non-hydrogen) atoms. The summed E-state index contributed by atoms with van der Waals surface area (Å²) in [6, 6.07) is 1.78. The standard InChI is InChI=1S/C21H33N5O5S/c27-10-7-22-15-5-8-25(9-6-15)32(29,30)26-17-3-4-18(26)12-16(11-17)23-21(28)19-13-20(31-24-19)14-1-2-14/h13-18,22,27H,1-12H2,(H,23,28)/t16?,17-,18+. The summed E-state index contributed by atoms with van der Waals surface area (Å²) in [4.78, 5) is 12.6. The van der Waals surface area contributed by atoms with Crippen LogP contribution >= 0.6 is 0 Å². The molecule has 4 aliphatic rings. The van der Waals surface area contributed by atoms with E-state index in [2.05, 4.69) is 15.8 Å². The summed E-state index contributed by atoms with van der Waals surface area (Å²) in [6.07, 6.45) is 6.60. The van der Waals surface area contributed by atoms with E-state index in [0.717, 1.165) is 44.3 Å². The molecule has 1 aromatic heterocycles. The van der Waals surface area contributed by atoms with Gasteiger partial charge in [-0.2, -0.15) is 17.0 Å². The summed E-state index contributed by atoms with van der Waals surface area (Å²) >= 11 is 0. The van der Waals surface area contributed by atoms with Crippen molar-refractivity contribution in [2.24, 2.45) is 0 Å². The second-order valence-corrected chi connectivity index (χ2v) is 11.4. The topological polar surface area (TPSA) is 128 Å². The van der Waals surface area contributed by atoms with Crippen molar-refractivity contribution in [1.29, 1.82) is 0 Å². The molecule has 11 heteroatoms. The third-order valence-electron chi connectivity index (χ3n) is 7.33. The molecule has 2 bridgehead atoms. The van der Waals surface area contributed by atoms with Crippen molar-refractivity contribution in [2.75, 3.05) is 26.2 Å². The third-order valence-corrected chi connectivity index (χ3v) is 9.48. The van der Waals surface area contributed by atoms with Crippen molar-refractivity contribution in [3.63, 3.8) is 0 Å². The van der Waals surface area contributed by atoms with Gasteiger partial charge in [-0.15, -0.1) is 0 Å². The minimum absolute atomic E-state index is 0.0547. The van der Waals surface area contributed by atoms with Gasteiger partial charge in [-0.25, -0.2) is 0 Å². The third kappa shape index (κ3) is 4.45. The average Bonchev–Trinajstić information content (AvgIpc) is 3.44. The van der Waals surface area contributed by atoms with Crippen LogP contribution in [-0.2, 0) is 10.2 Å². The van der Waals surface area contributed by atoms with Crippen LogP contribution in [0.15, 0.2) is 10.6 Å². The minimum atomic E-state index is -3.52. The highest BCUT2D eigenvalue weighted by Gasteiger charge is 2.49. The SMILES string of the molecule is O=C(NC1C[C@H]2CC[C@@H](C1)N2S(=O)(=O)N1CCC(NCCO)CC1)c1cc(C2CC2)on1. The normalized spacial score (nSPS) is 30.0. The van der Waals surface area contributed by atoms with Crippen LogP contribution in [0.3, 0.4) is 0 Å². The number of aromatic nitrogens is 1. The number of rotatable bonds is 8. The Hall–Kier alpha value is -1.53. The Morgan fingerprint density at radius 2 is 1.78 bits per heavy atom. The first kappa shape index (κ1) is 22.3. The number of aliphatic hydroxyl groups excluding tert-OH is 1. The zero-order valence-electron chi connectivity index (χ0n) is 18.3. The number of fused-ring (bicyclic) bond motifs is 2. The maximum Gasteiger partial charge on any atom is 0.282 e. The molecule has 1 aliphatic carbocycles. The molecule has 1 aromatic rings. The monoisotopic (exact) mass is 467 g/mol. The van der Waals surface area contributed by atoms with Gasteiger partial charge in [-0.05, 0) is 51.4 Å². The Labute approximate surface area is 188 Å². The van der Waals surface area contributed by atoms with Gasteiger partial charge in [0.2, 0.25) is 0 Å². The van der Waals surface area contributed by atoms with Gasteiger partial charge in [-0.1, -0.05) is 5.16 Å². The maximum absolute atomic E-state index is 13.4. The molecule has 3 N–H and O–H groups in total. The van der Waals surface area contributed by atoms with Gasteiger partial charge in [0, 0.05) is 55.8 Å². The fourth-order valence-electron chi connectivity index (χ4n) is 5.54. The van der Waals surface area contributed by atoms with Gasteiger partial charge in [0.25, 0.3) is 16.1 Å². The molecule has 4 fully saturated rings. The fourth-order valence-corrected chi connectivity index (χ4v) is 7.61. The second-order valence-electron chi connectivity index (χ2n) is 9.60. The molecule has 0 spiro atoms. The Bertz CT molecular complexity index is 911. The first-order chi connectivity index (χ1) is 15.5. The number of piperidine rings is 2. The van der Waals surface area contributed by atoms with Crippen molar-refractivity contribution in [1.82, 2.24) is 24.4 Å². The fraction of sp³-hybridized carbons (Fsp3) is 0.810. The number of nitrogens with zero attached hydrogens (tertiary/aromatic N) is 3. The average molecular weight is 468 g/mol. The summed E-state index contributed by atoms with van der Waals surface area (Å²) in [7, 11) is -3.52. The molecule has 1 saturated carbocycles. The number of carbonyl (C=O) groups excluding carboxylic acids is 1. The van der Waals surface area contributed by atoms with Crippen molar-refractivity contribution < 1.29 is 22.8 Å². The lowest BCUT2D eigenvalue weighted by Gasteiger charge is -2.42. The first-order valence-corrected chi connectivity index (χ1v) is 13.3. The predicted molar refractivity (Wildman–Crippen MR) is 116 cm³/mol. The van der Waals surface area contributed by atoms with E-state index in [1.807, 2.05) is 0 Å². The number of hydrogen-bond acceptors (Lipinski definition) is 7. The Balaban J connectivity index is 1.18. The molecule has 3 aliphatic heterocycles. The number of nitrogens with one attached hydrogen (secondary N) is 2. The first-order valence-electron chi connectivity index (χ1n) is 11.9. The molecule has 3 atom stereocenters. The van der Waals surface area contributed by atoms with Crippen LogP contribution in [0.25, 0.3) is 0 Å². The van der Waals surface area contributed by atoms with Gasteiger partial charge in [0.1, 0.15) is 5.76 Å². The Kier molecular flexibility index (Phi) is 6.28. The van der Waals surface area contributed by atoms with Crippen LogP contribution in [0.2, 0.25) is 0 Å². The molecule has 3 saturated heterocycles. The largest absolute Gasteiger partial charge is 0.395 e. The molecular weight excluding hydrogens is 434 g/mol. The zero-order valence-corrected chi connectivity index (χ0v) is 19.1. The van der Waals surface area contributed by atoms with Crippen LogP contribution in [-0.4, -0.2) is 83.6 Å². The van der Waals surface area contributed by atoms with E-state index in [4.69, 9.17) is 9.63 Å². The lowest BCUT2D eigenvalue weighted by atomic mass is 9.99. The minimum Gasteiger partial charge on any atom is -0.395 e. The van der Waals surface area contributed by atoms with E-state index in [1.165, 1.54) is 0 Å². The van der Waals surface area contributed by atoms with Gasteiger partial charge in [0.15, 0.2) is 5.69 Å². The van der Waals surface area contributed by atoms with Gasteiger partial charge >= 0.3 is 0 Å². The summed E-state index contributed by atoms with van der Waals surface area (Å²) in [5.41, 5.74) is 0.312. The summed E-state index contributed by atoms with van der Waals surface area (Å²) < 4.78 is 35.5. The van der Waals surface area contributed by atoms with Gasteiger partial charge in [0.05, 0.1) is 6.61 Å². The van der Waals surface area contributed by atoms with E-state index in [-0.39, 0.29) is 36.7 Å². The molecule has 4 heterocycles. The Morgan fingerprint density at radius 1 is 1.09 bits per heavy atom. The van der Waals surface area contributed by atoms with E-state index in [0.29, 0.717) is 44.1 Å². The van der Waals surface area contributed by atoms with Gasteiger partial charge in [-0.3, -0.25) is 4.79 Å². The molecule has 1 amide bonds. The number of carbonyl (C=O) groups is 1. The van der Waals surface area contributed by atoms with E-state index < -0.39 is 10.2 Å². The highest BCUT2D eigenvalue weighted by atomic mass is 32.2. The summed E-state index contributed by atoms with van der Waals surface area (Å²) in [6.45, 7) is 1.62. The van der Waals surface area contributed by atoms with Crippen LogP contribution in [0.4, 0.5) is 0 Å². The molecule has 178 valence electrons. The van der Waals surface area contributed by atoms with Crippen molar-refractivity contribution >= 4 is 16.1 Å². The van der Waals surface area contributed by atoms with Crippen LogP contribution in [0.5, 0.6) is 0 Å². The van der Waals surface area contributed by atoms with E-state index in [1.54, 1.807) is 14.7 Å². The highest BCUT2D eigenvalue weighted by Crippen LogP contribution is 2.41. The molecule has 0 aromatic carbocycles. The smallest absolute Gasteiger partial charge is 0.282 e. The van der Waals surface area contributed by atoms with Crippen molar-refractivity contribution in [2.45, 2.75) is 81.5 Å². The molecular formula is C21H33N5O5S. The zero-order chi connectivity index (χ0) is 22.3. The molecule has 0 radical (unpaired) electrons. The summed E-state index contributed by atoms with van der Waals surface area (Å²) in [5.74, 6) is 0.953. The Morgan fingerprint density at radius 3 is 2.41 bits per heavy atom. The van der Waals surface area contributed by atoms with Crippen LogP contribution in [0, 0.1) is 0 Å². The summed E-state index contributed by atoms with van der Waals surface area (Å²) in [5, 5.41) is 19.2. The number of aliphatic hydroxyl groups is 1. The van der Waals surface area contributed by atoms with Gasteiger partial charge < -0.3 is 20.3 Å². The lowest BCUT2D eigenvalue weighted by Crippen LogP contribution is -2.57. The number of hydrogen-bond donors (Lipinski definition) is 3. The molecule has 1 unspecified atom stereocenters. The van der Waals surface area contributed by atoms with E-state index in [9.17, 15) is 13.2 Å². The quantitative estimate of drug-likeness (QED) is 0.510. The molecule has 5 rings (SSSR count). The maximum atomic E-state index is 13.4.